The highest BCUT2D eigenvalue weighted by Crippen LogP contribution is 2.24. The van der Waals surface area contributed by atoms with Crippen molar-refractivity contribution in [3.8, 4) is 0 Å². The number of carbonyl (C=O) groups is 1. The molecule has 3 rings (SSSR count). The topological polar surface area (TPSA) is 68.4 Å². The maximum atomic E-state index is 12.5. The van der Waals surface area contributed by atoms with Crippen molar-refractivity contribution in [2.24, 2.45) is 5.92 Å². The number of hydrogen-bond donors (Lipinski definition) is 3. The van der Waals surface area contributed by atoms with Crippen LogP contribution >= 0.6 is 0 Å². The van der Waals surface area contributed by atoms with Crippen LogP contribution in [0.3, 0.4) is 0 Å². The van der Waals surface area contributed by atoms with Gasteiger partial charge in [-0.2, -0.15) is 0 Å². The highest BCUT2D eigenvalue weighted by molar-refractivity contribution is 5.81. The average Bonchev–Trinajstić information content (AvgIpc) is 3.13. The molecule has 5 nitrogen and oxygen atoms in total. The quantitative estimate of drug-likeness (QED) is 0.405. The van der Waals surface area contributed by atoms with Crippen LogP contribution in [0, 0.1) is 26.7 Å². The van der Waals surface area contributed by atoms with Crippen molar-refractivity contribution in [1.29, 1.82) is 0 Å². The summed E-state index contributed by atoms with van der Waals surface area (Å²) in [6.45, 7) is 11.6. The smallest absolute Gasteiger partial charge is 0.260 e. The number of H-pyrrole nitrogens is 1. The van der Waals surface area contributed by atoms with E-state index in [2.05, 4.69) is 67.1 Å². The molecule has 3 N–H and O–H groups in total. The highest BCUT2D eigenvalue weighted by Gasteiger charge is 2.29. The van der Waals surface area contributed by atoms with Gasteiger partial charge in [0.05, 0.1) is 6.04 Å². The molecular formula is C24H31N3O2. The third-order valence-electron chi connectivity index (χ3n) is 5.73. The average molecular weight is 394 g/mol. The highest BCUT2D eigenvalue weighted by atomic mass is 16.5. The van der Waals surface area contributed by atoms with E-state index >= 15 is 0 Å². The van der Waals surface area contributed by atoms with Gasteiger partial charge in [0.15, 0.2) is 0 Å². The molecule has 1 aromatic heterocycles. The van der Waals surface area contributed by atoms with Crippen LogP contribution in [0.1, 0.15) is 41.7 Å². The van der Waals surface area contributed by atoms with E-state index in [4.69, 9.17) is 0 Å². The van der Waals surface area contributed by atoms with Gasteiger partial charge in [0.2, 0.25) is 0 Å². The predicted molar refractivity (Wildman–Crippen MR) is 117 cm³/mol. The van der Waals surface area contributed by atoms with Gasteiger partial charge in [-0.15, -0.1) is 0 Å². The standard InChI is InChI=1S/C24H31N3O2/c1-15(2)23(24(28)26-29)27(14-21-11-17(4)16(3)10-18(21)5)13-19-6-7-22-20(12-19)8-9-25-22/h6-12,15,23,25,29H,13-14H2,1-5H3,(H,26,28)/t23-/m1/s1. The van der Waals surface area contributed by atoms with Crippen molar-refractivity contribution >= 4 is 16.8 Å². The fourth-order valence-corrected chi connectivity index (χ4v) is 4.05. The van der Waals surface area contributed by atoms with E-state index < -0.39 is 6.04 Å². The zero-order valence-corrected chi connectivity index (χ0v) is 17.9. The Labute approximate surface area is 172 Å². The molecule has 1 heterocycles. The first-order valence-electron chi connectivity index (χ1n) is 10.1. The molecule has 2 aromatic carbocycles. The van der Waals surface area contributed by atoms with Crippen molar-refractivity contribution in [2.45, 2.75) is 53.8 Å². The Hall–Kier alpha value is -2.63. The van der Waals surface area contributed by atoms with Crippen molar-refractivity contribution in [3.05, 3.63) is 70.4 Å². The molecule has 0 aliphatic rings. The van der Waals surface area contributed by atoms with Gasteiger partial charge in [0.25, 0.3) is 5.91 Å². The van der Waals surface area contributed by atoms with E-state index in [1.54, 1.807) is 0 Å². The molecule has 0 radical (unpaired) electrons. The van der Waals surface area contributed by atoms with Gasteiger partial charge in [0.1, 0.15) is 0 Å². The van der Waals surface area contributed by atoms with E-state index in [1.807, 2.05) is 25.5 Å². The molecule has 5 heteroatoms. The number of hydroxylamine groups is 1. The molecule has 0 fully saturated rings. The number of aryl methyl sites for hydroxylation is 3. The molecule has 0 aliphatic heterocycles. The van der Waals surface area contributed by atoms with Gasteiger partial charge in [-0.05, 0) is 78.1 Å². The Balaban J connectivity index is 1.98. The minimum absolute atomic E-state index is 0.0463. The van der Waals surface area contributed by atoms with E-state index in [-0.39, 0.29) is 11.8 Å². The lowest BCUT2D eigenvalue weighted by Gasteiger charge is -2.33. The van der Waals surface area contributed by atoms with Gasteiger partial charge in [-0.1, -0.05) is 32.0 Å². The molecule has 29 heavy (non-hydrogen) atoms. The molecule has 0 unspecified atom stereocenters. The maximum absolute atomic E-state index is 12.5. The van der Waals surface area contributed by atoms with Crippen LogP contribution < -0.4 is 5.48 Å². The van der Waals surface area contributed by atoms with E-state index in [0.717, 1.165) is 16.5 Å². The summed E-state index contributed by atoms with van der Waals surface area (Å²) in [7, 11) is 0. The summed E-state index contributed by atoms with van der Waals surface area (Å²) in [5.41, 5.74) is 9.03. The monoisotopic (exact) mass is 393 g/mol. The molecule has 0 saturated carbocycles. The van der Waals surface area contributed by atoms with E-state index in [0.29, 0.717) is 13.1 Å². The van der Waals surface area contributed by atoms with Crippen LogP contribution in [-0.4, -0.2) is 27.0 Å². The number of nitrogens with zero attached hydrogens (tertiary/aromatic N) is 1. The first-order valence-corrected chi connectivity index (χ1v) is 10.1. The number of nitrogens with one attached hydrogen (secondary N) is 2. The first kappa shape index (κ1) is 21.1. The summed E-state index contributed by atoms with van der Waals surface area (Å²) in [6, 6.07) is 12.3. The van der Waals surface area contributed by atoms with Crippen LogP contribution in [-0.2, 0) is 17.9 Å². The third-order valence-corrected chi connectivity index (χ3v) is 5.73. The molecule has 154 valence electrons. The summed E-state index contributed by atoms with van der Waals surface area (Å²) in [6.07, 6.45) is 1.93. The van der Waals surface area contributed by atoms with Crippen molar-refractivity contribution in [1.82, 2.24) is 15.4 Å². The fourth-order valence-electron chi connectivity index (χ4n) is 4.05. The lowest BCUT2D eigenvalue weighted by atomic mass is 9.97. The number of aromatic nitrogens is 1. The Bertz CT molecular complexity index is 1010. The Morgan fingerprint density at radius 2 is 1.76 bits per heavy atom. The Morgan fingerprint density at radius 3 is 2.45 bits per heavy atom. The third kappa shape index (κ3) is 4.69. The van der Waals surface area contributed by atoms with Gasteiger partial charge in [-0.3, -0.25) is 14.9 Å². The zero-order chi connectivity index (χ0) is 21.1. The largest absolute Gasteiger partial charge is 0.361 e. The van der Waals surface area contributed by atoms with Gasteiger partial charge in [0, 0.05) is 24.8 Å². The summed E-state index contributed by atoms with van der Waals surface area (Å²) in [5, 5.41) is 10.5. The molecular weight excluding hydrogens is 362 g/mol. The van der Waals surface area contributed by atoms with Crippen LogP contribution in [0.2, 0.25) is 0 Å². The molecule has 1 atom stereocenters. The van der Waals surface area contributed by atoms with Crippen LogP contribution in [0.25, 0.3) is 10.9 Å². The normalized spacial score (nSPS) is 12.7. The van der Waals surface area contributed by atoms with E-state index in [9.17, 15) is 10.0 Å². The Kier molecular flexibility index (Phi) is 6.40. The zero-order valence-electron chi connectivity index (χ0n) is 17.9. The maximum Gasteiger partial charge on any atom is 0.260 e. The SMILES string of the molecule is Cc1cc(C)c(CN(Cc2ccc3[nH]ccc3c2)[C@@H](C(=O)NO)C(C)C)cc1C. The van der Waals surface area contributed by atoms with Crippen LogP contribution in [0.15, 0.2) is 42.6 Å². The molecule has 0 bridgehead atoms. The van der Waals surface area contributed by atoms with Gasteiger partial charge in [-0.25, -0.2) is 5.48 Å². The second-order valence-electron chi connectivity index (χ2n) is 8.33. The van der Waals surface area contributed by atoms with E-state index in [1.165, 1.54) is 22.3 Å². The second-order valence-corrected chi connectivity index (χ2v) is 8.33. The van der Waals surface area contributed by atoms with Gasteiger partial charge < -0.3 is 4.98 Å². The lowest BCUT2D eigenvalue weighted by molar-refractivity contribution is -0.137. The van der Waals surface area contributed by atoms with Crippen molar-refractivity contribution in [3.63, 3.8) is 0 Å². The predicted octanol–water partition coefficient (Wildman–Crippen LogP) is 4.63. The summed E-state index contributed by atoms with van der Waals surface area (Å²) in [4.78, 5) is 17.9. The number of fused-ring (bicyclic) bond motifs is 1. The molecule has 3 aromatic rings. The van der Waals surface area contributed by atoms with Gasteiger partial charge >= 0.3 is 0 Å². The number of amides is 1. The minimum atomic E-state index is -0.442. The second kappa shape index (κ2) is 8.80. The summed E-state index contributed by atoms with van der Waals surface area (Å²) < 4.78 is 0. The van der Waals surface area contributed by atoms with Crippen molar-refractivity contribution < 1.29 is 10.0 Å². The number of rotatable bonds is 7. The minimum Gasteiger partial charge on any atom is -0.361 e. The number of carbonyl (C=O) groups excluding carboxylic acids is 1. The number of hydrogen-bond acceptors (Lipinski definition) is 3. The molecule has 0 aliphatic carbocycles. The van der Waals surface area contributed by atoms with Crippen LogP contribution in [0.4, 0.5) is 0 Å². The Morgan fingerprint density at radius 1 is 1.03 bits per heavy atom. The molecule has 1 amide bonds. The number of benzene rings is 2. The molecule has 0 spiro atoms. The summed E-state index contributed by atoms with van der Waals surface area (Å²) in [5.74, 6) is -0.325. The fraction of sp³-hybridized carbons (Fsp3) is 0.375. The lowest BCUT2D eigenvalue weighted by Crippen LogP contribution is -2.48. The van der Waals surface area contributed by atoms with Crippen molar-refractivity contribution in [2.75, 3.05) is 0 Å². The first-order chi connectivity index (χ1) is 13.8. The number of aromatic amines is 1. The van der Waals surface area contributed by atoms with Crippen LogP contribution in [0.5, 0.6) is 0 Å². The summed E-state index contributed by atoms with van der Waals surface area (Å²) >= 11 is 0. The molecule has 0 saturated heterocycles.